The number of carbonyl (C=O) groups is 2. The first-order valence-corrected chi connectivity index (χ1v) is 9.83. The molecule has 7 heteroatoms. The SMILES string of the molecule is CCOc1ccc(CC(=O)N[C@H]2CC(=O)N(c3ccc4c(c3)OCCO4)C2)cc1. The second-order valence-electron chi connectivity index (χ2n) is 7.05. The molecule has 0 saturated carbocycles. The van der Waals surface area contributed by atoms with Gasteiger partial charge in [0, 0.05) is 24.7 Å². The Morgan fingerprint density at radius 3 is 2.66 bits per heavy atom. The lowest BCUT2D eigenvalue weighted by molar-refractivity contribution is -0.121. The molecule has 0 aromatic heterocycles. The largest absolute Gasteiger partial charge is 0.494 e. The maximum Gasteiger partial charge on any atom is 0.229 e. The fourth-order valence-electron chi connectivity index (χ4n) is 3.59. The molecule has 2 aromatic carbocycles. The van der Waals surface area contributed by atoms with Crippen LogP contribution in [0.15, 0.2) is 42.5 Å². The van der Waals surface area contributed by atoms with Gasteiger partial charge in [-0.1, -0.05) is 12.1 Å². The Hall–Kier alpha value is -3.22. The lowest BCUT2D eigenvalue weighted by atomic mass is 10.1. The van der Waals surface area contributed by atoms with Crippen LogP contribution in [0.4, 0.5) is 5.69 Å². The van der Waals surface area contributed by atoms with E-state index < -0.39 is 0 Å². The van der Waals surface area contributed by atoms with Crippen LogP contribution in [0.5, 0.6) is 17.2 Å². The average Bonchev–Trinajstić information content (AvgIpc) is 3.09. The summed E-state index contributed by atoms with van der Waals surface area (Å²) in [5.74, 6) is 1.99. The van der Waals surface area contributed by atoms with Crippen molar-refractivity contribution in [3.8, 4) is 17.2 Å². The molecular weight excluding hydrogens is 372 g/mol. The highest BCUT2D eigenvalue weighted by atomic mass is 16.6. The third kappa shape index (κ3) is 4.45. The van der Waals surface area contributed by atoms with Crippen molar-refractivity contribution in [3.05, 3.63) is 48.0 Å². The summed E-state index contributed by atoms with van der Waals surface area (Å²) in [6.45, 7) is 3.99. The van der Waals surface area contributed by atoms with Crippen molar-refractivity contribution in [2.24, 2.45) is 0 Å². The van der Waals surface area contributed by atoms with Crippen LogP contribution in [0.25, 0.3) is 0 Å². The van der Waals surface area contributed by atoms with E-state index in [1.54, 1.807) is 4.90 Å². The average molecular weight is 396 g/mol. The number of fused-ring (bicyclic) bond motifs is 1. The van der Waals surface area contributed by atoms with Gasteiger partial charge in [0.2, 0.25) is 11.8 Å². The lowest BCUT2D eigenvalue weighted by Crippen LogP contribution is -2.38. The molecular formula is C22H24N2O5. The molecule has 2 aliphatic heterocycles. The minimum atomic E-state index is -0.217. The summed E-state index contributed by atoms with van der Waals surface area (Å²) in [5, 5.41) is 2.97. The Balaban J connectivity index is 1.35. The van der Waals surface area contributed by atoms with Gasteiger partial charge < -0.3 is 24.4 Å². The van der Waals surface area contributed by atoms with E-state index in [0.29, 0.717) is 37.9 Å². The predicted octanol–water partition coefficient (Wildman–Crippen LogP) is 2.32. The molecule has 0 radical (unpaired) electrons. The normalized spacial score (nSPS) is 17.9. The summed E-state index contributed by atoms with van der Waals surface area (Å²) in [4.78, 5) is 26.6. The number of hydrogen-bond acceptors (Lipinski definition) is 5. The van der Waals surface area contributed by atoms with E-state index >= 15 is 0 Å². The Morgan fingerprint density at radius 1 is 1.14 bits per heavy atom. The topological polar surface area (TPSA) is 77.1 Å². The molecule has 2 amide bonds. The van der Waals surface area contributed by atoms with Crippen LogP contribution in [0.3, 0.4) is 0 Å². The van der Waals surface area contributed by atoms with Crippen molar-refractivity contribution >= 4 is 17.5 Å². The summed E-state index contributed by atoms with van der Waals surface area (Å²) in [5.41, 5.74) is 1.65. The number of anilines is 1. The zero-order chi connectivity index (χ0) is 20.2. The molecule has 0 unspecified atom stereocenters. The summed E-state index contributed by atoms with van der Waals surface area (Å²) < 4.78 is 16.5. The highest BCUT2D eigenvalue weighted by molar-refractivity contribution is 5.97. The van der Waals surface area contributed by atoms with Gasteiger partial charge in [-0.3, -0.25) is 9.59 Å². The van der Waals surface area contributed by atoms with Crippen LogP contribution in [0, 0.1) is 0 Å². The van der Waals surface area contributed by atoms with Gasteiger partial charge >= 0.3 is 0 Å². The Bertz CT molecular complexity index is 897. The molecule has 0 aliphatic carbocycles. The van der Waals surface area contributed by atoms with Gasteiger partial charge in [0.05, 0.1) is 19.1 Å². The van der Waals surface area contributed by atoms with Crippen molar-refractivity contribution in [3.63, 3.8) is 0 Å². The van der Waals surface area contributed by atoms with E-state index in [4.69, 9.17) is 14.2 Å². The molecule has 1 saturated heterocycles. The Labute approximate surface area is 169 Å². The van der Waals surface area contributed by atoms with Crippen LogP contribution in [-0.2, 0) is 16.0 Å². The molecule has 1 fully saturated rings. The molecule has 7 nitrogen and oxygen atoms in total. The van der Waals surface area contributed by atoms with Crippen molar-refractivity contribution in [2.45, 2.75) is 25.8 Å². The molecule has 0 bridgehead atoms. The van der Waals surface area contributed by atoms with Gasteiger partial charge in [-0.15, -0.1) is 0 Å². The van der Waals surface area contributed by atoms with E-state index in [2.05, 4.69) is 5.32 Å². The fourth-order valence-corrected chi connectivity index (χ4v) is 3.59. The zero-order valence-electron chi connectivity index (χ0n) is 16.3. The first-order chi connectivity index (χ1) is 14.1. The molecule has 4 rings (SSSR count). The van der Waals surface area contributed by atoms with E-state index in [-0.39, 0.29) is 30.7 Å². The van der Waals surface area contributed by atoms with E-state index in [9.17, 15) is 9.59 Å². The molecule has 2 aromatic rings. The second-order valence-corrected chi connectivity index (χ2v) is 7.05. The Morgan fingerprint density at radius 2 is 1.90 bits per heavy atom. The van der Waals surface area contributed by atoms with Gasteiger partial charge in [0.25, 0.3) is 0 Å². The van der Waals surface area contributed by atoms with Crippen LogP contribution in [0.2, 0.25) is 0 Å². The second kappa shape index (κ2) is 8.43. The summed E-state index contributed by atoms with van der Waals surface area (Å²) in [6, 6.07) is 12.7. The molecule has 2 aliphatic rings. The Kier molecular flexibility index (Phi) is 5.55. The number of amides is 2. The van der Waals surface area contributed by atoms with Crippen molar-refractivity contribution in [1.29, 1.82) is 0 Å². The van der Waals surface area contributed by atoms with Crippen LogP contribution in [0.1, 0.15) is 18.9 Å². The fraction of sp³-hybridized carbons (Fsp3) is 0.364. The van der Waals surface area contributed by atoms with Gasteiger partial charge in [0.15, 0.2) is 11.5 Å². The molecule has 1 N–H and O–H groups in total. The highest BCUT2D eigenvalue weighted by Crippen LogP contribution is 2.35. The highest BCUT2D eigenvalue weighted by Gasteiger charge is 2.32. The quantitative estimate of drug-likeness (QED) is 0.811. The molecule has 152 valence electrons. The number of nitrogens with zero attached hydrogens (tertiary/aromatic N) is 1. The smallest absolute Gasteiger partial charge is 0.229 e. The van der Waals surface area contributed by atoms with E-state index in [1.165, 1.54) is 0 Å². The minimum Gasteiger partial charge on any atom is -0.494 e. The van der Waals surface area contributed by atoms with E-state index in [0.717, 1.165) is 17.0 Å². The summed E-state index contributed by atoms with van der Waals surface area (Å²) in [6.07, 6.45) is 0.546. The molecule has 0 spiro atoms. The molecule has 29 heavy (non-hydrogen) atoms. The lowest BCUT2D eigenvalue weighted by Gasteiger charge is -2.22. The maximum absolute atomic E-state index is 12.5. The number of hydrogen-bond donors (Lipinski definition) is 1. The number of benzene rings is 2. The minimum absolute atomic E-state index is 0.0203. The van der Waals surface area contributed by atoms with E-state index in [1.807, 2.05) is 49.4 Å². The first-order valence-electron chi connectivity index (χ1n) is 9.83. The van der Waals surface area contributed by atoms with Gasteiger partial charge in [-0.05, 0) is 36.8 Å². The first kappa shape index (κ1) is 19.1. The van der Waals surface area contributed by atoms with Gasteiger partial charge in [-0.2, -0.15) is 0 Å². The monoisotopic (exact) mass is 396 g/mol. The van der Waals surface area contributed by atoms with Crippen molar-refractivity contribution in [2.75, 3.05) is 31.3 Å². The third-order valence-corrected chi connectivity index (χ3v) is 4.93. The van der Waals surface area contributed by atoms with Crippen LogP contribution < -0.4 is 24.4 Å². The summed E-state index contributed by atoms with van der Waals surface area (Å²) >= 11 is 0. The number of nitrogens with one attached hydrogen (secondary N) is 1. The maximum atomic E-state index is 12.5. The van der Waals surface area contributed by atoms with Crippen molar-refractivity contribution in [1.82, 2.24) is 5.32 Å². The predicted molar refractivity (Wildman–Crippen MR) is 108 cm³/mol. The van der Waals surface area contributed by atoms with Gasteiger partial charge in [0.1, 0.15) is 19.0 Å². The zero-order valence-corrected chi connectivity index (χ0v) is 16.3. The standard InChI is InChI=1S/C22H24N2O5/c1-2-27-18-6-3-15(4-7-18)11-21(25)23-16-12-22(26)24(14-16)17-5-8-19-20(13-17)29-10-9-28-19/h3-8,13,16H,2,9-12,14H2,1H3,(H,23,25)/t16-/m0/s1. The van der Waals surface area contributed by atoms with Crippen molar-refractivity contribution < 1.29 is 23.8 Å². The summed E-state index contributed by atoms with van der Waals surface area (Å²) in [7, 11) is 0. The number of carbonyl (C=O) groups excluding carboxylic acids is 2. The number of ether oxygens (including phenoxy) is 3. The van der Waals surface area contributed by atoms with Crippen LogP contribution >= 0.6 is 0 Å². The third-order valence-electron chi connectivity index (χ3n) is 4.93. The molecule has 1 atom stereocenters. The van der Waals surface area contributed by atoms with Crippen LogP contribution in [-0.4, -0.2) is 44.2 Å². The number of rotatable bonds is 6. The van der Waals surface area contributed by atoms with Gasteiger partial charge in [-0.25, -0.2) is 0 Å². The molecule has 2 heterocycles.